The lowest BCUT2D eigenvalue weighted by molar-refractivity contribution is -0.275. The van der Waals surface area contributed by atoms with Gasteiger partial charge in [-0.2, -0.15) is 13.2 Å². The molecule has 0 aliphatic rings. The molecule has 1 aromatic heterocycles. The molecule has 0 aliphatic carbocycles. The van der Waals surface area contributed by atoms with Crippen LogP contribution in [0.15, 0.2) is 6.07 Å². The molecule has 20 heavy (non-hydrogen) atoms. The molecule has 0 spiro atoms. The fourth-order valence-electron chi connectivity index (χ4n) is 1.19. The smallest absolute Gasteiger partial charge is 0.481 e. The van der Waals surface area contributed by atoms with Crippen LogP contribution in [0.5, 0.6) is 5.75 Å². The van der Waals surface area contributed by atoms with Crippen molar-refractivity contribution in [2.45, 2.75) is 19.0 Å². The summed E-state index contributed by atoms with van der Waals surface area (Å²) in [7, 11) is 0. The zero-order valence-corrected chi connectivity index (χ0v) is 9.90. The van der Waals surface area contributed by atoms with Crippen molar-refractivity contribution in [3.05, 3.63) is 22.5 Å². The molecule has 1 aromatic rings. The first-order valence-electron chi connectivity index (χ1n) is 4.64. The lowest BCUT2D eigenvalue weighted by Crippen LogP contribution is -2.20. The molecule has 1 rings (SSSR count). The number of halogens is 7. The van der Waals surface area contributed by atoms with Gasteiger partial charge in [-0.3, -0.25) is 4.79 Å². The first-order chi connectivity index (χ1) is 8.90. The van der Waals surface area contributed by atoms with Gasteiger partial charge in [0.2, 0.25) is 0 Å². The minimum absolute atomic E-state index is 0.0579. The number of carboxylic acids is 1. The highest BCUT2D eigenvalue weighted by molar-refractivity contribution is 6.30. The molecule has 1 heterocycles. The maximum absolute atomic E-state index is 12.4. The Hall–Kier alpha value is -1.71. The van der Waals surface area contributed by atoms with E-state index in [1.54, 1.807) is 0 Å². The second-order valence-corrected chi connectivity index (χ2v) is 3.75. The van der Waals surface area contributed by atoms with Crippen LogP contribution in [0.3, 0.4) is 0 Å². The van der Waals surface area contributed by atoms with Crippen LogP contribution in [0.2, 0.25) is 5.15 Å². The molecule has 0 amide bonds. The summed E-state index contributed by atoms with van der Waals surface area (Å²) >= 11 is 5.29. The number of alkyl halides is 6. The van der Waals surface area contributed by atoms with Crippen molar-refractivity contribution in [2.75, 3.05) is 0 Å². The number of carboxylic acid groups (broad SMARTS) is 1. The third-order valence-electron chi connectivity index (χ3n) is 1.88. The zero-order valence-electron chi connectivity index (χ0n) is 9.14. The number of aliphatic carboxylic acids is 1. The summed E-state index contributed by atoms with van der Waals surface area (Å²) in [6.07, 6.45) is -11.4. The molecule has 1 N–H and O–H groups in total. The molecule has 0 saturated heterocycles. The maximum atomic E-state index is 12.4. The van der Waals surface area contributed by atoms with Gasteiger partial charge in [-0.15, -0.1) is 13.2 Å². The van der Waals surface area contributed by atoms with Crippen molar-refractivity contribution in [3.63, 3.8) is 0 Å². The van der Waals surface area contributed by atoms with Crippen LogP contribution in [-0.2, 0) is 17.4 Å². The van der Waals surface area contributed by atoms with Crippen LogP contribution in [0.1, 0.15) is 11.3 Å². The average molecular weight is 324 g/mol. The van der Waals surface area contributed by atoms with E-state index in [4.69, 9.17) is 16.7 Å². The second kappa shape index (κ2) is 5.35. The zero-order chi connectivity index (χ0) is 15.7. The highest BCUT2D eigenvalue weighted by Gasteiger charge is 2.38. The van der Waals surface area contributed by atoms with Gasteiger partial charge in [0.1, 0.15) is 16.6 Å². The topological polar surface area (TPSA) is 59.4 Å². The Morgan fingerprint density at radius 2 is 1.85 bits per heavy atom. The van der Waals surface area contributed by atoms with E-state index in [2.05, 4.69) is 9.72 Å². The van der Waals surface area contributed by atoms with Crippen LogP contribution in [0.4, 0.5) is 26.3 Å². The number of pyridine rings is 1. The van der Waals surface area contributed by atoms with Crippen LogP contribution in [-0.4, -0.2) is 22.4 Å². The molecule has 0 bridgehead atoms. The van der Waals surface area contributed by atoms with E-state index < -0.39 is 47.1 Å². The van der Waals surface area contributed by atoms with Crippen molar-refractivity contribution >= 4 is 17.6 Å². The van der Waals surface area contributed by atoms with Crippen LogP contribution >= 0.6 is 11.6 Å². The molecule has 4 nitrogen and oxygen atoms in total. The third kappa shape index (κ3) is 4.44. The maximum Gasteiger partial charge on any atom is 0.573 e. The molecule has 0 saturated carbocycles. The van der Waals surface area contributed by atoms with E-state index in [0.29, 0.717) is 0 Å². The first-order valence-corrected chi connectivity index (χ1v) is 5.02. The number of nitrogens with zero attached hydrogens (tertiary/aromatic N) is 1. The van der Waals surface area contributed by atoms with Gasteiger partial charge in [0, 0.05) is 11.6 Å². The van der Waals surface area contributed by atoms with Crippen LogP contribution in [0, 0.1) is 0 Å². The summed E-state index contributed by atoms with van der Waals surface area (Å²) in [6, 6.07) is -0.0579. The molecule has 0 radical (unpaired) electrons. The normalized spacial score (nSPS) is 12.3. The van der Waals surface area contributed by atoms with Crippen molar-refractivity contribution in [1.29, 1.82) is 0 Å². The SMILES string of the molecule is O=C(O)Cc1c(OC(F)(F)F)cc(C(F)(F)F)nc1Cl. The van der Waals surface area contributed by atoms with Gasteiger partial charge in [-0.25, -0.2) is 4.98 Å². The molecule has 0 fully saturated rings. The number of aromatic nitrogens is 1. The van der Waals surface area contributed by atoms with E-state index in [1.807, 2.05) is 0 Å². The fourth-order valence-corrected chi connectivity index (χ4v) is 1.44. The van der Waals surface area contributed by atoms with Gasteiger partial charge in [0.05, 0.1) is 6.42 Å². The Labute approximate surface area is 111 Å². The number of hydrogen-bond donors (Lipinski definition) is 1. The molecule has 11 heteroatoms. The monoisotopic (exact) mass is 323 g/mol. The van der Waals surface area contributed by atoms with Gasteiger partial charge in [0.25, 0.3) is 0 Å². The predicted octanol–water partition coefficient (Wildman–Crippen LogP) is 3.28. The van der Waals surface area contributed by atoms with Crippen molar-refractivity contribution in [3.8, 4) is 5.75 Å². The van der Waals surface area contributed by atoms with Gasteiger partial charge in [0.15, 0.2) is 0 Å². The van der Waals surface area contributed by atoms with E-state index in [-0.39, 0.29) is 6.07 Å². The average Bonchev–Trinajstić information content (AvgIpc) is 2.18. The molecule has 112 valence electrons. The standard InChI is InChI=1S/C9H4ClF6NO3/c10-7-3(1-6(18)19)4(20-9(14,15)16)2-5(17-7)8(11,12)13/h2H,1H2,(H,18,19). The van der Waals surface area contributed by atoms with Gasteiger partial charge in [-0.1, -0.05) is 11.6 Å². The van der Waals surface area contributed by atoms with Crippen LogP contribution in [0.25, 0.3) is 0 Å². The van der Waals surface area contributed by atoms with Gasteiger partial charge < -0.3 is 9.84 Å². The first kappa shape index (κ1) is 16.3. The van der Waals surface area contributed by atoms with Gasteiger partial charge >= 0.3 is 18.5 Å². The molecule has 0 unspecified atom stereocenters. The Balaban J connectivity index is 3.39. The lowest BCUT2D eigenvalue weighted by atomic mass is 10.1. The minimum atomic E-state index is -5.30. The highest BCUT2D eigenvalue weighted by Crippen LogP contribution is 2.36. The fraction of sp³-hybridized carbons (Fsp3) is 0.333. The minimum Gasteiger partial charge on any atom is -0.481 e. The number of hydrogen-bond acceptors (Lipinski definition) is 3. The van der Waals surface area contributed by atoms with Gasteiger partial charge in [-0.05, 0) is 0 Å². The van der Waals surface area contributed by atoms with E-state index in [0.717, 1.165) is 0 Å². The molecule has 0 aliphatic heterocycles. The third-order valence-corrected chi connectivity index (χ3v) is 2.19. The van der Waals surface area contributed by atoms with E-state index in [1.165, 1.54) is 0 Å². The quantitative estimate of drug-likeness (QED) is 0.685. The summed E-state index contributed by atoms with van der Waals surface area (Å²) in [5, 5.41) is 7.47. The Morgan fingerprint density at radius 1 is 1.30 bits per heavy atom. The predicted molar refractivity (Wildman–Crippen MR) is 52.3 cm³/mol. The Morgan fingerprint density at radius 3 is 2.25 bits per heavy atom. The molecule has 0 atom stereocenters. The van der Waals surface area contributed by atoms with Crippen molar-refractivity contribution in [1.82, 2.24) is 4.98 Å². The summed E-state index contributed by atoms with van der Waals surface area (Å²) in [5.41, 5.74) is -2.53. The van der Waals surface area contributed by atoms with Crippen molar-refractivity contribution < 1.29 is 41.0 Å². The summed E-state index contributed by atoms with van der Waals surface area (Å²) in [5.74, 6) is -2.97. The highest BCUT2D eigenvalue weighted by atomic mass is 35.5. The van der Waals surface area contributed by atoms with E-state index in [9.17, 15) is 31.1 Å². The number of ether oxygens (including phenoxy) is 1. The lowest BCUT2D eigenvalue weighted by Gasteiger charge is -2.15. The molecule has 0 aromatic carbocycles. The number of carbonyl (C=O) groups is 1. The molecular weight excluding hydrogens is 320 g/mol. The second-order valence-electron chi connectivity index (χ2n) is 3.39. The Kier molecular flexibility index (Phi) is 4.37. The largest absolute Gasteiger partial charge is 0.573 e. The van der Waals surface area contributed by atoms with Crippen LogP contribution < -0.4 is 4.74 Å². The summed E-state index contributed by atoms with van der Waals surface area (Å²) in [4.78, 5) is 13.3. The summed E-state index contributed by atoms with van der Waals surface area (Å²) < 4.78 is 76.9. The number of rotatable bonds is 3. The van der Waals surface area contributed by atoms with Crippen molar-refractivity contribution in [2.24, 2.45) is 0 Å². The molecular formula is C9H4ClF6NO3. The van der Waals surface area contributed by atoms with E-state index >= 15 is 0 Å². The summed E-state index contributed by atoms with van der Waals surface area (Å²) in [6.45, 7) is 0. The Bertz CT molecular complexity index is 528.